The van der Waals surface area contributed by atoms with Crippen LogP contribution in [0.15, 0.2) is 30.3 Å². The van der Waals surface area contributed by atoms with Gasteiger partial charge in [0.2, 0.25) is 17.7 Å². The van der Waals surface area contributed by atoms with Gasteiger partial charge in [-0.25, -0.2) is 0 Å². The van der Waals surface area contributed by atoms with Crippen LogP contribution in [0, 0.1) is 5.92 Å². The molecule has 0 aromatic heterocycles. The largest absolute Gasteiger partial charge is 0.481 e. The third-order valence-corrected chi connectivity index (χ3v) is 5.77. The quantitative estimate of drug-likeness (QED) is 0.182. The lowest BCUT2D eigenvalue weighted by Crippen LogP contribution is -2.58. The predicted molar refractivity (Wildman–Crippen MR) is 138 cm³/mol. The number of hydrogen-bond acceptors (Lipinski definition) is 8. The second kappa shape index (κ2) is 16.1. The molecule has 0 fully saturated rings. The van der Waals surface area contributed by atoms with Crippen LogP contribution >= 0.6 is 0 Å². The van der Waals surface area contributed by atoms with E-state index in [0.717, 1.165) is 12.7 Å². The Hall–Kier alpha value is -3.80. The van der Waals surface area contributed by atoms with Gasteiger partial charge in [-0.1, -0.05) is 44.2 Å². The minimum Gasteiger partial charge on any atom is -0.481 e. The number of nitrogens with one attached hydrogen (secondary N) is 3. The Morgan fingerprint density at radius 1 is 0.895 bits per heavy atom. The summed E-state index contributed by atoms with van der Waals surface area (Å²) in [5, 5.41) is 16.6. The van der Waals surface area contributed by atoms with E-state index in [1.165, 1.54) is 6.92 Å². The predicted octanol–water partition coefficient (Wildman–Crippen LogP) is 0.0738. The number of aryl methyl sites for hydroxylation is 1. The number of Topliss-reactive ketones (excluding diaryl/α,β-unsaturated/α-hetero) is 1. The van der Waals surface area contributed by atoms with Crippen molar-refractivity contribution in [2.45, 2.75) is 77.0 Å². The first-order chi connectivity index (χ1) is 17.8. The average molecular weight is 535 g/mol. The number of hydrogen-bond donors (Lipinski definition) is 5. The van der Waals surface area contributed by atoms with E-state index < -0.39 is 71.9 Å². The fraction of sp³-hybridized carbons (Fsp3) is 0.538. The van der Waals surface area contributed by atoms with Gasteiger partial charge in [0, 0.05) is 6.42 Å². The molecule has 6 N–H and O–H groups in total. The van der Waals surface area contributed by atoms with Crippen LogP contribution in [0.5, 0.6) is 0 Å². The fourth-order valence-corrected chi connectivity index (χ4v) is 3.52. The number of methoxy groups -OCH3 is 1. The SMILES string of the molecule is COC(=O)C[C@H](N)C(=O)N[C@@H](C)C(=O)N[C@H](C(=O)N[C@@H](CC(=O)O)C(=O)CCCc1ccccc1)C(C)C. The molecule has 0 spiro atoms. The molecule has 12 nitrogen and oxygen atoms in total. The third-order valence-electron chi connectivity index (χ3n) is 5.77. The van der Waals surface area contributed by atoms with Crippen molar-refractivity contribution in [2.75, 3.05) is 7.11 Å². The van der Waals surface area contributed by atoms with Crippen LogP contribution in [0.1, 0.15) is 52.0 Å². The van der Waals surface area contributed by atoms with Gasteiger partial charge >= 0.3 is 11.9 Å². The smallest absolute Gasteiger partial charge is 0.307 e. The van der Waals surface area contributed by atoms with Crippen molar-refractivity contribution in [2.24, 2.45) is 11.7 Å². The normalized spacial score (nSPS) is 13.9. The first-order valence-electron chi connectivity index (χ1n) is 12.4. The fourth-order valence-electron chi connectivity index (χ4n) is 3.52. The molecule has 210 valence electrons. The Kier molecular flexibility index (Phi) is 13.7. The highest BCUT2D eigenvalue weighted by Crippen LogP contribution is 2.09. The van der Waals surface area contributed by atoms with Crippen molar-refractivity contribution in [3.05, 3.63) is 35.9 Å². The van der Waals surface area contributed by atoms with Gasteiger partial charge in [-0.05, 0) is 31.2 Å². The van der Waals surface area contributed by atoms with Crippen LogP contribution < -0.4 is 21.7 Å². The van der Waals surface area contributed by atoms with Crippen molar-refractivity contribution >= 4 is 35.4 Å². The van der Waals surface area contributed by atoms with Gasteiger partial charge in [0.25, 0.3) is 0 Å². The minimum absolute atomic E-state index is 0.0702. The van der Waals surface area contributed by atoms with Crippen LogP contribution in [0.25, 0.3) is 0 Å². The number of aliphatic carboxylic acids is 1. The van der Waals surface area contributed by atoms with E-state index in [1.54, 1.807) is 13.8 Å². The summed E-state index contributed by atoms with van der Waals surface area (Å²) in [6.07, 6.45) is 0.199. The maximum Gasteiger partial charge on any atom is 0.307 e. The zero-order chi connectivity index (χ0) is 28.8. The van der Waals surface area contributed by atoms with Gasteiger partial charge in [0.1, 0.15) is 12.1 Å². The molecule has 0 aliphatic heterocycles. The number of esters is 1. The van der Waals surface area contributed by atoms with Crippen molar-refractivity contribution in [3.63, 3.8) is 0 Å². The van der Waals surface area contributed by atoms with Crippen LogP contribution in [-0.2, 0) is 39.9 Å². The number of amides is 3. The molecule has 0 saturated carbocycles. The zero-order valence-corrected chi connectivity index (χ0v) is 22.2. The number of benzene rings is 1. The third kappa shape index (κ3) is 11.5. The minimum atomic E-state index is -1.26. The van der Waals surface area contributed by atoms with Gasteiger partial charge in [0.15, 0.2) is 5.78 Å². The van der Waals surface area contributed by atoms with Gasteiger partial charge in [-0.3, -0.25) is 28.8 Å². The number of ether oxygens (including phenoxy) is 1. The molecule has 0 aliphatic rings. The lowest BCUT2D eigenvalue weighted by atomic mass is 9.99. The highest BCUT2D eigenvalue weighted by molar-refractivity contribution is 5.96. The summed E-state index contributed by atoms with van der Waals surface area (Å²) in [5.74, 6) is -4.99. The maximum absolute atomic E-state index is 13.0. The first-order valence-corrected chi connectivity index (χ1v) is 12.4. The van der Waals surface area contributed by atoms with Crippen LogP contribution in [0.4, 0.5) is 0 Å². The molecule has 0 heterocycles. The molecule has 0 radical (unpaired) electrons. The summed E-state index contributed by atoms with van der Waals surface area (Å²) in [5.41, 5.74) is 6.68. The number of nitrogens with two attached hydrogens (primary N) is 1. The Morgan fingerprint density at radius 2 is 1.53 bits per heavy atom. The van der Waals surface area contributed by atoms with Crippen molar-refractivity contribution < 1.29 is 38.6 Å². The topological polar surface area (TPSA) is 194 Å². The molecule has 0 saturated heterocycles. The molecule has 1 aromatic rings. The number of rotatable bonds is 16. The lowest BCUT2D eigenvalue weighted by Gasteiger charge is -2.26. The van der Waals surface area contributed by atoms with Gasteiger partial charge in [0.05, 0.1) is 32.0 Å². The summed E-state index contributed by atoms with van der Waals surface area (Å²) in [4.78, 5) is 73.2. The van der Waals surface area contributed by atoms with Crippen molar-refractivity contribution in [1.82, 2.24) is 16.0 Å². The summed E-state index contributed by atoms with van der Waals surface area (Å²) >= 11 is 0. The Bertz CT molecular complexity index is 983. The van der Waals surface area contributed by atoms with Gasteiger partial charge in [-0.2, -0.15) is 0 Å². The number of carbonyl (C=O) groups is 6. The molecule has 0 bridgehead atoms. The molecule has 12 heteroatoms. The molecule has 1 aromatic carbocycles. The lowest BCUT2D eigenvalue weighted by molar-refractivity contribution is -0.143. The van der Waals surface area contributed by atoms with Gasteiger partial charge in [-0.15, -0.1) is 0 Å². The highest BCUT2D eigenvalue weighted by atomic mass is 16.5. The molecule has 3 amide bonds. The second-order valence-corrected chi connectivity index (χ2v) is 9.31. The molecule has 1 rings (SSSR count). The molecule has 0 unspecified atom stereocenters. The van der Waals surface area contributed by atoms with E-state index in [0.29, 0.717) is 12.8 Å². The molecular weight excluding hydrogens is 496 g/mol. The highest BCUT2D eigenvalue weighted by Gasteiger charge is 2.31. The monoisotopic (exact) mass is 534 g/mol. The van der Waals surface area contributed by atoms with Crippen LogP contribution in [0.2, 0.25) is 0 Å². The van der Waals surface area contributed by atoms with Crippen LogP contribution in [-0.4, -0.2) is 71.8 Å². The van der Waals surface area contributed by atoms with Crippen molar-refractivity contribution in [3.8, 4) is 0 Å². The van der Waals surface area contributed by atoms with Crippen molar-refractivity contribution in [1.29, 1.82) is 0 Å². The standard InChI is InChI=1S/C26H38N4O8/c1-15(2)23(30-24(35)16(3)28-25(36)18(27)13-22(34)38-4)26(37)29-19(14-21(32)33)20(31)12-8-11-17-9-6-5-7-10-17/h5-7,9-10,15-16,18-19,23H,8,11-14,27H2,1-4H3,(H,28,36)(H,29,37)(H,30,35)(H,32,33)/t16-,18-,19-,23-/m0/s1. The Labute approximate surface area is 222 Å². The molecule has 4 atom stereocenters. The molecule has 0 aliphatic carbocycles. The second-order valence-electron chi connectivity index (χ2n) is 9.31. The molecular formula is C26H38N4O8. The zero-order valence-electron chi connectivity index (χ0n) is 22.2. The summed E-state index contributed by atoms with van der Waals surface area (Å²) in [7, 11) is 1.15. The number of ketones is 1. The van der Waals surface area contributed by atoms with E-state index in [2.05, 4.69) is 20.7 Å². The summed E-state index contributed by atoms with van der Waals surface area (Å²) in [6.45, 7) is 4.69. The van der Waals surface area contributed by atoms with E-state index in [4.69, 9.17) is 5.73 Å². The first kappa shape index (κ1) is 32.2. The average Bonchev–Trinajstić information content (AvgIpc) is 2.86. The van der Waals surface area contributed by atoms with E-state index in [9.17, 15) is 33.9 Å². The summed E-state index contributed by atoms with van der Waals surface area (Å²) in [6, 6.07) is 4.79. The Morgan fingerprint density at radius 3 is 2.08 bits per heavy atom. The van der Waals surface area contributed by atoms with E-state index in [-0.39, 0.29) is 12.8 Å². The summed E-state index contributed by atoms with van der Waals surface area (Å²) < 4.78 is 4.46. The van der Waals surface area contributed by atoms with Gasteiger partial charge < -0.3 is 31.5 Å². The Balaban J connectivity index is 2.77. The maximum atomic E-state index is 13.0. The number of carbonyl (C=O) groups excluding carboxylic acids is 5. The molecule has 38 heavy (non-hydrogen) atoms. The number of carboxylic acid groups (broad SMARTS) is 1. The van der Waals surface area contributed by atoms with E-state index in [1.807, 2.05) is 30.3 Å². The van der Waals surface area contributed by atoms with E-state index >= 15 is 0 Å². The van der Waals surface area contributed by atoms with Crippen LogP contribution in [0.3, 0.4) is 0 Å². The number of carboxylic acids is 1.